The molecule has 2 aromatic rings. The van der Waals surface area contributed by atoms with Gasteiger partial charge in [-0.3, -0.25) is 4.68 Å². The fourth-order valence-corrected chi connectivity index (χ4v) is 1.94. The van der Waals surface area contributed by atoms with Crippen molar-refractivity contribution in [2.24, 2.45) is 7.05 Å². The highest BCUT2D eigenvalue weighted by Gasteiger charge is 2.07. The molecule has 0 fully saturated rings. The maximum absolute atomic E-state index is 4.40. The van der Waals surface area contributed by atoms with Crippen LogP contribution in [0.3, 0.4) is 0 Å². The fraction of sp³-hybridized carbons (Fsp3) is 0.583. The van der Waals surface area contributed by atoms with Crippen LogP contribution < -0.4 is 5.32 Å². The summed E-state index contributed by atoms with van der Waals surface area (Å²) in [6.07, 6.45) is 5.59. The molecule has 0 aliphatic carbocycles. The molecule has 0 bridgehead atoms. The second kappa shape index (κ2) is 5.66. The number of rotatable bonds is 6. The van der Waals surface area contributed by atoms with Crippen LogP contribution in [0.4, 0.5) is 5.69 Å². The molecule has 0 unspecified atom stereocenters. The van der Waals surface area contributed by atoms with Gasteiger partial charge in [-0.15, -0.1) is 0 Å². The van der Waals surface area contributed by atoms with Crippen LogP contribution in [0, 0.1) is 0 Å². The van der Waals surface area contributed by atoms with Gasteiger partial charge in [0.25, 0.3) is 0 Å². The third-order valence-corrected chi connectivity index (χ3v) is 2.81. The Morgan fingerprint density at radius 3 is 2.89 bits per heavy atom. The van der Waals surface area contributed by atoms with Crippen molar-refractivity contribution < 1.29 is 0 Å². The van der Waals surface area contributed by atoms with Crippen LogP contribution in [-0.2, 0) is 26.6 Å². The van der Waals surface area contributed by atoms with Gasteiger partial charge in [0.1, 0.15) is 12.2 Å². The summed E-state index contributed by atoms with van der Waals surface area (Å²) in [4.78, 5) is 4.27. The number of nitrogens with one attached hydrogen (secondary N) is 1. The minimum absolute atomic E-state index is 0.679. The first-order valence-electron chi connectivity index (χ1n) is 6.37. The van der Waals surface area contributed by atoms with E-state index in [9.17, 15) is 0 Å². The second-order valence-corrected chi connectivity index (χ2v) is 4.27. The first-order valence-corrected chi connectivity index (χ1v) is 6.37. The molecule has 2 heterocycles. The van der Waals surface area contributed by atoms with Crippen LogP contribution in [0.5, 0.6) is 0 Å². The molecule has 98 valence electrons. The highest BCUT2D eigenvalue weighted by atomic mass is 15.3. The van der Waals surface area contributed by atoms with E-state index in [1.54, 1.807) is 6.33 Å². The van der Waals surface area contributed by atoms with E-state index in [0.29, 0.717) is 6.54 Å². The number of anilines is 1. The van der Waals surface area contributed by atoms with Crippen molar-refractivity contribution in [3.05, 3.63) is 24.0 Å². The Labute approximate surface area is 107 Å². The molecule has 0 radical (unpaired) electrons. The Morgan fingerprint density at radius 1 is 1.33 bits per heavy atom. The lowest BCUT2D eigenvalue weighted by Crippen LogP contribution is -2.10. The van der Waals surface area contributed by atoms with Crippen molar-refractivity contribution >= 4 is 5.69 Å². The Kier molecular flexibility index (Phi) is 3.96. The summed E-state index contributed by atoms with van der Waals surface area (Å²) in [6.45, 7) is 5.83. The van der Waals surface area contributed by atoms with Gasteiger partial charge in [0.15, 0.2) is 0 Å². The summed E-state index contributed by atoms with van der Waals surface area (Å²) in [7, 11) is 1.93. The molecule has 1 N–H and O–H groups in total. The summed E-state index contributed by atoms with van der Waals surface area (Å²) >= 11 is 0. The average Bonchev–Trinajstić information content (AvgIpc) is 2.93. The van der Waals surface area contributed by atoms with Crippen LogP contribution in [0.2, 0.25) is 0 Å². The van der Waals surface area contributed by atoms with Crippen molar-refractivity contribution in [1.82, 2.24) is 24.5 Å². The molecule has 6 nitrogen and oxygen atoms in total. The van der Waals surface area contributed by atoms with Gasteiger partial charge in [-0.05, 0) is 12.8 Å². The van der Waals surface area contributed by atoms with Gasteiger partial charge in [-0.1, -0.05) is 13.8 Å². The number of hydrogen-bond donors (Lipinski definition) is 1. The van der Waals surface area contributed by atoms with E-state index < -0.39 is 0 Å². The molecular weight excluding hydrogens is 228 g/mol. The maximum atomic E-state index is 4.40. The van der Waals surface area contributed by atoms with Gasteiger partial charge < -0.3 is 5.32 Å². The van der Waals surface area contributed by atoms with Gasteiger partial charge in [-0.25, -0.2) is 9.67 Å². The average molecular weight is 248 g/mol. The second-order valence-electron chi connectivity index (χ2n) is 4.27. The first-order chi connectivity index (χ1) is 8.74. The lowest BCUT2D eigenvalue weighted by molar-refractivity contribution is 0.574. The van der Waals surface area contributed by atoms with Crippen molar-refractivity contribution in [3.8, 4) is 0 Å². The summed E-state index contributed by atoms with van der Waals surface area (Å²) in [5.41, 5.74) is 2.16. The van der Waals surface area contributed by atoms with E-state index in [1.165, 1.54) is 0 Å². The van der Waals surface area contributed by atoms with E-state index in [0.717, 1.165) is 36.6 Å². The van der Waals surface area contributed by atoms with E-state index in [-0.39, 0.29) is 0 Å². The largest absolute Gasteiger partial charge is 0.375 e. The van der Waals surface area contributed by atoms with Gasteiger partial charge >= 0.3 is 0 Å². The number of hydrogen-bond acceptors (Lipinski definition) is 4. The van der Waals surface area contributed by atoms with Crippen molar-refractivity contribution in [1.29, 1.82) is 0 Å². The lowest BCUT2D eigenvalue weighted by Gasteiger charge is -2.06. The first kappa shape index (κ1) is 12.6. The molecule has 2 aromatic heterocycles. The third kappa shape index (κ3) is 2.69. The van der Waals surface area contributed by atoms with Crippen LogP contribution in [-0.4, -0.2) is 24.5 Å². The quantitative estimate of drug-likeness (QED) is 0.843. The molecule has 6 heteroatoms. The number of aryl methyl sites for hydroxylation is 3. The van der Waals surface area contributed by atoms with Crippen molar-refractivity contribution in [3.63, 3.8) is 0 Å². The lowest BCUT2D eigenvalue weighted by atomic mass is 10.3. The van der Waals surface area contributed by atoms with Gasteiger partial charge in [0.2, 0.25) is 0 Å². The smallest absolute Gasteiger partial charge is 0.146 e. The minimum Gasteiger partial charge on any atom is -0.375 e. The highest BCUT2D eigenvalue weighted by Crippen LogP contribution is 2.14. The predicted molar refractivity (Wildman–Crippen MR) is 70.2 cm³/mol. The molecule has 0 aliphatic rings. The zero-order valence-electron chi connectivity index (χ0n) is 11.2. The van der Waals surface area contributed by atoms with Crippen molar-refractivity contribution in [2.45, 2.75) is 39.8 Å². The molecule has 0 atom stereocenters. The summed E-state index contributed by atoms with van der Waals surface area (Å²) < 4.78 is 3.77. The maximum Gasteiger partial charge on any atom is 0.146 e. The monoisotopic (exact) mass is 248 g/mol. The minimum atomic E-state index is 0.679. The van der Waals surface area contributed by atoms with E-state index in [4.69, 9.17) is 0 Å². The van der Waals surface area contributed by atoms with Gasteiger partial charge in [0, 0.05) is 19.8 Å². The van der Waals surface area contributed by atoms with Crippen LogP contribution in [0.1, 0.15) is 31.8 Å². The van der Waals surface area contributed by atoms with Crippen LogP contribution in [0.25, 0.3) is 0 Å². The SMILES string of the molecule is CCCn1ncnc1CNc1cn(C)nc1CC. The molecule has 0 spiro atoms. The zero-order chi connectivity index (χ0) is 13.0. The van der Waals surface area contributed by atoms with E-state index in [1.807, 2.05) is 22.6 Å². The predicted octanol–water partition coefficient (Wildman–Crippen LogP) is 1.60. The van der Waals surface area contributed by atoms with Crippen molar-refractivity contribution in [2.75, 3.05) is 5.32 Å². The molecule has 0 amide bonds. The molecule has 0 saturated carbocycles. The zero-order valence-corrected chi connectivity index (χ0v) is 11.2. The summed E-state index contributed by atoms with van der Waals surface area (Å²) in [5.74, 6) is 0.961. The third-order valence-electron chi connectivity index (χ3n) is 2.81. The van der Waals surface area contributed by atoms with Crippen LogP contribution >= 0.6 is 0 Å². The fourth-order valence-electron chi connectivity index (χ4n) is 1.94. The Morgan fingerprint density at radius 2 is 2.17 bits per heavy atom. The topological polar surface area (TPSA) is 60.6 Å². The highest BCUT2D eigenvalue weighted by molar-refractivity contribution is 5.46. The Hall–Kier alpha value is -1.85. The van der Waals surface area contributed by atoms with Gasteiger partial charge in [0.05, 0.1) is 17.9 Å². The molecule has 0 aliphatic heterocycles. The standard InChI is InChI=1S/C12H20N6/c1-4-6-18-12(14-9-15-18)7-13-11-8-17(3)16-10(11)5-2/h8-9,13H,4-7H2,1-3H3. The van der Waals surface area contributed by atoms with E-state index in [2.05, 4.69) is 34.3 Å². The van der Waals surface area contributed by atoms with Gasteiger partial charge in [-0.2, -0.15) is 10.2 Å². The molecule has 0 saturated heterocycles. The summed E-state index contributed by atoms with van der Waals surface area (Å²) in [5, 5.41) is 12.0. The molecule has 2 rings (SSSR count). The number of aromatic nitrogens is 5. The molecule has 18 heavy (non-hydrogen) atoms. The normalized spacial score (nSPS) is 10.8. The Balaban J connectivity index is 2.04. The number of nitrogens with zero attached hydrogens (tertiary/aromatic N) is 5. The molecular formula is C12H20N6. The summed E-state index contributed by atoms with van der Waals surface area (Å²) in [6, 6.07) is 0. The van der Waals surface area contributed by atoms with E-state index >= 15 is 0 Å². The molecule has 0 aromatic carbocycles. The van der Waals surface area contributed by atoms with Crippen LogP contribution in [0.15, 0.2) is 12.5 Å². The Bertz CT molecular complexity index is 498.